The zero-order valence-electron chi connectivity index (χ0n) is 15.5. The maximum Gasteiger partial charge on any atom is 0.343 e. The van der Waals surface area contributed by atoms with E-state index in [1.807, 2.05) is 35.2 Å². The van der Waals surface area contributed by atoms with Crippen molar-refractivity contribution in [3.8, 4) is 0 Å². The fourth-order valence-electron chi connectivity index (χ4n) is 4.06. The fourth-order valence-corrected chi connectivity index (χ4v) is 4.06. The van der Waals surface area contributed by atoms with Gasteiger partial charge in [0.1, 0.15) is 11.9 Å². The van der Waals surface area contributed by atoms with Gasteiger partial charge in [-0.2, -0.15) is 5.10 Å². The summed E-state index contributed by atoms with van der Waals surface area (Å²) in [5.41, 5.74) is 0.896. The van der Waals surface area contributed by atoms with Gasteiger partial charge in [0.2, 0.25) is 0 Å². The highest BCUT2D eigenvalue weighted by molar-refractivity contribution is 5.81. The first kappa shape index (κ1) is 18.0. The van der Waals surface area contributed by atoms with Crippen LogP contribution in [0.5, 0.6) is 0 Å². The fraction of sp³-hybridized carbons (Fsp3) is 0.550. The molecule has 4 rings (SSSR count). The quantitative estimate of drug-likeness (QED) is 0.891. The number of hydrogen-bond donors (Lipinski definition) is 1. The smallest absolute Gasteiger partial charge is 0.343 e. The third-order valence-corrected chi connectivity index (χ3v) is 5.60. The summed E-state index contributed by atoms with van der Waals surface area (Å²) in [4.78, 5) is 26.8. The summed E-state index contributed by atoms with van der Waals surface area (Å²) < 4.78 is 7.36. The molecule has 1 N–H and O–H groups in total. The van der Waals surface area contributed by atoms with Crippen LogP contribution in [0.15, 0.2) is 35.1 Å². The van der Waals surface area contributed by atoms with Crippen LogP contribution < -0.4 is 5.69 Å². The summed E-state index contributed by atoms with van der Waals surface area (Å²) in [5, 5.41) is 6.89. The molecule has 2 fully saturated rings. The summed E-state index contributed by atoms with van der Waals surface area (Å²) >= 11 is 0. The molecule has 7 nitrogen and oxygen atoms in total. The summed E-state index contributed by atoms with van der Waals surface area (Å²) in [6, 6.07) is 9.92. The van der Waals surface area contributed by atoms with Crippen molar-refractivity contribution in [2.45, 2.75) is 50.7 Å². The highest BCUT2D eigenvalue weighted by Gasteiger charge is 2.32. The number of carbonyl (C=O) groups excluding carboxylic acids is 1. The molecule has 2 aliphatic heterocycles. The van der Waals surface area contributed by atoms with Crippen LogP contribution in [0.3, 0.4) is 0 Å². The predicted octanol–water partition coefficient (Wildman–Crippen LogP) is 1.89. The lowest BCUT2D eigenvalue weighted by molar-refractivity contribution is -0.147. The Morgan fingerprint density at radius 2 is 1.93 bits per heavy atom. The average Bonchev–Trinajstić information content (AvgIpc) is 3.09. The standard InChI is InChI=1S/C20H26N4O3/c25-19(17-8-4-5-13-27-17)23-11-9-16(10-12-23)18-21-22-20(26)24(18)14-15-6-2-1-3-7-15/h1-3,6-7,16-17H,4-5,8-14H2,(H,22,26). The van der Waals surface area contributed by atoms with Crippen molar-refractivity contribution in [1.82, 2.24) is 19.7 Å². The number of ether oxygens (including phenoxy) is 1. The van der Waals surface area contributed by atoms with Crippen LogP contribution in [-0.2, 0) is 16.1 Å². The highest BCUT2D eigenvalue weighted by Crippen LogP contribution is 2.27. The molecule has 144 valence electrons. The molecule has 1 aromatic heterocycles. The van der Waals surface area contributed by atoms with E-state index in [-0.39, 0.29) is 23.6 Å². The maximum absolute atomic E-state index is 12.6. The van der Waals surface area contributed by atoms with Gasteiger partial charge in [0.05, 0.1) is 6.54 Å². The van der Waals surface area contributed by atoms with Gasteiger partial charge in [-0.3, -0.25) is 9.36 Å². The van der Waals surface area contributed by atoms with E-state index in [1.165, 1.54) is 0 Å². The Labute approximate surface area is 158 Å². The van der Waals surface area contributed by atoms with Gasteiger partial charge in [0.15, 0.2) is 0 Å². The molecule has 1 amide bonds. The number of nitrogens with zero attached hydrogens (tertiary/aromatic N) is 3. The second-order valence-electron chi connectivity index (χ2n) is 7.41. The van der Waals surface area contributed by atoms with Crippen molar-refractivity contribution in [3.05, 3.63) is 52.2 Å². The number of aromatic amines is 1. The van der Waals surface area contributed by atoms with Crippen molar-refractivity contribution in [2.24, 2.45) is 0 Å². The number of H-pyrrole nitrogens is 1. The molecule has 27 heavy (non-hydrogen) atoms. The summed E-state index contributed by atoms with van der Waals surface area (Å²) in [6.45, 7) is 2.58. The van der Waals surface area contributed by atoms with Crippen molar-refractivity contribution < 1.29 is 9.53 Å². The molecule has 1 atom stereocenters. The molecule has 0 radical (unpaired) electrons. The second-order valence-corrected chi connectivity index (χ2v) is 7.41. The minimum atomic E-state index is -0.267. The second kappa shape index (κ2) is 8.08. The van der Waals surface area contributed by atoms with Crippen LogP contribution >= 0.6 is 0 Å². The zero-order valence-corrected chi connectivity index (χ0v) is 15.5. The molecular formula is C20H26N4O3. The maximum atomic E-state index is 12.6. The largest absolute Gasteiger partial charge is 0.368 e. The molecule has 0 bridgehead atoms. The first-order chi connectivity index (χ1) is 13.2. The summed E-state index contributed by atoms with van der Waals surface area (Å²) in [6.07, 6.45) is 4.30. The van der Waals surface area contributed by atoms with E-state index in [1.54, 1.807) is 4.57 Å². The topological polar surface area (TPSA) is 80.2 Å². The summed E-state index contributed by atoms with van der Waals surface area (Å²) in [7, 11) is 0. The Kier molecular flexibility index (Phi) is 5.38. The van der Waals surface area contributed by atoms with E-state index >= 15 is 0 Å². The summed E-state index contributed by atoms with van der Waals surface area (Å²) in [5.74, 6) is 1.10. The number of aromatic nitrogens is 3. The van der Waals surface area contributed by atoms with Crippen molar-refractivity contribution in [1.29, 1.82) is 0 Å². The number of nitrogens with one attached hydrogen (secondary N) is 1. The van der Waals surface area contributed by atoms with E-state index in [0.717, 1.165) is 43.5 Å². The monoisotopic (exact) mass is 370 g/mol. The van der Waals surface area contributed by atoms with Gasteiger partial charge in [0.25, 0.3) is 5.91 Å². The minimum absolute atomic E-state index is 0.122. The third kappa shape index (κ3) is 3.98. The Morgan fingerprint density at radius 1 is 1.15 bits per heavy atom. The van der Waals surface area contributed by atoms with Crippen molar-refractivity contribution >= 4 is 5.91 Å². The lowest BCUT2D eigenvalue weighted by Gasteiger charge is -2.34. The molecule has 0 aliphatic carbocycles. The first-order valence-corrected chi connectivity index (χ1v) is 9.82. The molecule has 1 aromatic carbocycles. The van der Waals surface area contributed by atoms with Crippen LogP contribution in [0.4, 0.5) is 0 Å². The molecule has 0 spiro atoms. The molecule has 2 aromatic rings. The molecule has 3 heterocycles. The van der Waals surface area contributed by atoms with Gasteiger partial charge in [-0.1, -0.05) is 30.3 Å². The Balaban J connectivity index is 1.41. The highest BCUT2D eigenvalue weighted by atomic mass is 16.5. The molecule has 2 saturated heterocycles. The van der Waals surface area contributed by atoms with Crippen LogP contribution in [-0.4, -0.2) is 51.4 Å². The van der Waals surface area contributed by atoms with Crippen molar-refractivity contribution in [3.63, 3.8) is 0 Å². The SMILES string of the molecule is O=C(C1CCCCO1)N1CCC(c2n[nH]c(=O)n2Cc2ccccc2)CC1. The number of carbonyl (C=O) groups is 1. The molecule has 1 unspecified atom stereocenters. The van der Waals surface area contributed by atoms with Gasteiger partial charge < -0.3 is 9.64 Å². The third-order valence-electron chi connectivity index (χ3n) is 5.60. The number of hydrogen-bond acceptors (Lipinski definition) is 4. The Bertz CT molecular complexity index is 815. The van der Waals surface area contributed by atoms with Crippen molar-refractivity contribution in [2.75, 3.05) is 19.7 Å². The molecule has 0 saturated carbocycles. The first-order valence-electron chi connectivity index (χ1n) is 9.82. The predicted molar refractivity (Wildman–Crippen MR) is 101 cm³/mol. The number of piperidine rings is 1. The van der Waals surface area contributed by atoms with Crippen LogP contribution in [0, 0.1) is 0 Å². The van der Waals surface area contributed by atoms with E-state index < -0.39 is 0 Å². The Hall–Kier alpha value is -2.41. The van der Waals surface area contributed by atoms with Crippen LogP contribution in [0.1, 0.15) is 49.4 Å². The van der Waals surface area contributed by atoms with Gasteiger partial charge in [0, 0.05) is 25.6 Å². The molecular weight excluding hydrogens is 344 g/mol. The lowest BCUT2D eigenvalue weighted by Crippen LogP contribution is -2.45. The minimum Gasteiger partial charge on any atom is -0.368 e. The lowest BCUT2D eigenvalue weighted by atomic mass is 9.95. The van der Waals surface area contributed by atoms with Crippen LogP contribution in [0.2, 0.25) is 0 Å². The van der Waals surface area contributed by atoms with Gasteiger partial charge in [-0.05, 0) is 37.7 Å². The number of rotatable bonds is 4. The molecule has 2 aliphatic rings. The normalized spacial score (nSPS) is 21.3. The van der Waals surface area contributed by atoms with Gasteiger partial charge in [-0.15, -0.1) is 0 Å². The van der Waals surface area contributed by atoms with E-state index in [4.69, 9.17) is 4.74 Å². The number of amides is 1. The van der Waals surface area contributed by atoms with E-state index in [9.17, 15) is 9.59 Å². The zero-order chi connectivity index (χ0) is 18.6. The van der Waals surface area contributed by atoms with E-state index in [0.29, 0.717) is 26.2 Å². The van der Waals surface area contributed by atoms with E-state index in [2.05, 4.69) is 10.2 Å². The van der Waals surface area contributed by atoms with Gasteiger partial charge in [-0.25, -0.2) is 9.89 Å². The van der Waals surface area contributed by atoms with Crippen LogP contribution in [0.25, 0.3) is 0 Å². The number of likely N-dealkylation sites (tertiary alicyclic amines) is 1. The number of benzene rings is 1. The Morgan fingerprint density at radius 3 is 2.63 bits per heavy atom. The average molecular weight is 370 g/mol. The molecule has 7 heteroatoms. The van der Waals surface area contributed by atoms with Gasteiger partial charge >= 0.3 is 5.69 Å².